The molecule has 0 fully saturated rings. The third-order valence-corrected chi connectivity index (χ3v) is 2.19. The summed E-state index contributed by atoms with van der Waals surface area (Å²) in [4.78, 5) is 21.6. The highest BCUT2D eigenvalue weighted by Gasteiger charge is 1.97. The largest absolute Gasteiger partial charge is 0.289 e. The molecule has 0 saturated carbocycles. The van der Waals surface area contributed by atoms with Crippen molar-refractivity contribution >= 4 is 23.2 Å². The van der Waals surface area contributed by atoms with Crippen LogP contribution in [0.5, 0.6) is 0 Å². The summed E-state index contributed by atoms with van der Waals surface area (Å²) in [6, 6.07) is 7.17. The van der Waals surface area contributed by atoms with Crippen molar-refractivity contribution in [2.24, 2.45) is 0 Å². The molecule has 0 heterocycles. The molecule has 0 radical (unpaired) electrons. The molecule has 0 bridgehead atoms. The first-order valence-corrected chi connectivity index (χ1v) is 4.77. The van der Waals surface area contributed by atoms with E-state index in [1.165, 1.54) is 18.7 Å². The Kier molecular flexibility index (Phi) is 3.96. The molecular weight excluding hydrogens is 196 g/mol. The Morgan fingerprint density at radius 3 is 2.50 bits per heavy atom. The predicted molar refractivity (Wildman–Crippen MR) is 55.9 cm³/mol. The van der Waals surface area contributed by atoms with E-state index in [1.807, 2.05) is 0 Å². The van der Waals surface area contributed by atoms with Crippen molar-refractivity contribution in [1.82, 2.24) is 0 Å². The lowest BCUT2D eigenvalue weighted by molar-refractivity contribution is -0.109. The van der Waals surface area contributed by atoms with Gasteiger partial charge in [-0.1, -0.05) is 17.7 Å². The van der Waals surface area contributed by atoms with E-state index in [4.69, 9.17) is 0 Å². The first-order chi connectivity index (χ1) is 6.72. The molecule has 0 unspecified atom stereocenters. The molecule has 3 heteroatoms. The molecule has 1 aromatic carbocycles. The minimum Gasteiger partial charge on any atom is -0.289 e. The number of hydrogen-bond acceptors (Lipinski definition) is 3. The van der Waals surface area contributed by atoms with Gasteiger partial charge in [-0.25, -0.2) is 0 Å². The fraction of sp³-hybridized carbons (Fsp3) is 0.0909. The van der Waals surface area contributed by atoms with Crippen molar-refractivity contribution < 1.29 is 9.59 Å². The summed E-state index contributed by atoms with van der Waals surface area (Å²) in [5.41, 5.74) is 0.769. The topological polar surface area (TPSA) is 34.1 Å². The molecule has 1 rings (SSSR count). The van der Waals surface area contributed by atoms with E-state index < -0.39 is 0 Å². The second kappa shape index (κ2) is 5.25. The maximum Gasteiger partial charge on any atom is 0.193 e. The van der Waals surface area contributed by atoms with Gasteiger partial charge in [0, 0.05) is 17.4 Å². The van der Waals surface area contributed by atoms with Crippen LogP contribution in [0.2, 0.25) is 0 Å². The Bertz CT molecular complexity index is 396. The van der Waals surface area contributed by atoms with Gasteiger partial charge >= 0.3 is 0 Å². The van der Waals surface area contributed by atoms with Crippen molar-refractivity contribution in [2.45, 2.75) is 11.8 Å². The molecule has 0 atom stereocenters. The number of hydrogen-bond donors (Lipinski definition) is 0. The normalized spacial score (nSPS) is 8.64. The van der Waals surface area contributed by atoms with Crippen molar-refractivity contribution in [1.29, 1.82) is 0 Å². The van der Waals surface area contributed by atoms with Crippen LogP contribution in [0.15, 0.2) is 29.2 Å². The molecule has 1 aromatic rings. The fourth-order valence-electron chi connectivity index (χ4n) is 0.885. The molecule has 0 aliphatic heterocycles. The monoisotopic (exact) mass is 204 g/mol. The van der Waals surface area contributed by atoms with Crippen LogP contribution in [0.25, 0.3) is 0 Å². The third-order valence-electron chi connectivity index (χ3n) is 1.39. The summed E-state index contributed by atoms with van der Waals surface area (Å²) in [5, 5.41) is 0.0525. The molecule has 0 aliphatic rings. The molecule has 14 heavy (non-hydrogen) atoms. The number of benzene rings is 1. The van der Waals surface area contributed by atoms with Gasteiger partial charge in [-0.2, -0.15) is 0 Å². The van der Waals surface area contributed by atoms with Gasteiger partial charge in [0.25, 0.3) is 0 Å². The van der Waals surface area contributed by atoms with Crippen LogP contribution in [-0.4, -0.2) is 11.4 Å². The van der Waals surface area contributed by atoms with Gasteiger partial charge in [-0.3, -0.25) is 9.59 Å². The quantitative estimate of drug-likeness (QED) is 0.398. The minimum atomic E-state index is 0.0525. The Morgan fingerprint density at radius 1 is 1.36 bits per heavy atom. The van der Waals surface area contributed by atoms with E-state index in [0.29, 0.717) is 6.29 Å². The van der Waals surface area contributed by atoms with E-state index in [9.17, 15) is 9.59 Å². The first kappa shape index (κ1) is 10.6. The molecule has 0 aromatic heterocycles. The summed E-state index contributed by atoms with van der Waals surface area (Å²) in [7, 11) is 0. The Hall–Kier alpha value is -1.53. The van der Waals surface area contributed by atoms with Crippen LogP contribution in [0.1, 0.15) is 12.5 Å². The van der Waals surface area contributed by atoms with Gasteiger partial charge in [0.2, 0.25) is 0 Å². The van der Waals surface area contributed by atoms with E-state index in [1.54, 1.807) is 24.3 Å². The van der Waals surface area contributed by atoms with Crippen molar-refractivity contribution in [3.05, 3.63) is 29.8 Å². The Balaban J connectivity index is 2.78. The van der Waals surface area contributed by atoms with Crippen molar-refractivity contribution in [3.8, 4) is 11.8 Å². The van der Waals surface area contributed by atoms with E-state index in [2.05, 4.69) is 11.8 Å². The van der Waals surface area contributed by atoms with E-state index >= 15 is 0 Å². The fourth-order valence-corrected chi connectivity index (χ4v) is 1.49. The molecule has 0 amide bonds. The summed E-state index contributed by atoms with van der Waals surface area (Å²) in [6.07, 6.45) is 0.554. The van der Waals surface area contributed by atoms with Gasteiger partial charge in [-0.15, -0.1) is 0 Å². The number of rotatable bonds is 1. The number of carbonyl (C=O) groups excluding carboxylic acids is 2. The first-order valence-electron chi connectivity index (χ1n) is 3.96. The lowest BCUT2D eigenvalue weighted by atomic mass is 10.2. The number of thioether (sulfide) groups is 1. The zero-order valence-corrected chi connectivity index (χ0v) is 8.43. The van der Waals surface area contributed by atoms with Gasteiger partial charge in [0.1, 0.15) is 0 Å². The number of aldehydes is 1. The summed E-state index contributed by atoms with van der Waals surface area (Å²) in [6.45, 7) is 1.52. The third kappa shape index (κ3) is 3.46. The van der Waals surface area contributed by atoms with Crippen LogP contribution in [0.3, 0.4) is 0 Å². The van der Waals surface area contributed by atoms with Crippen molar-refractivity contribution in [3.63, 3.8) is 0 Å². The van der Waals surface area contributed by atoms with Crippen molar-refractivity contribution in [2.75, 3.05) is 0 Å². The number of carbonyl (C=O) groups is 2. The lowest BCUT2D eigenvalue weighted by Crippen LogP contribution is -1.81. The Morgan fingerprint density at radius 2 is 2.00 bits per heavy atom. The van der Waals surface area contributed by atoms with Crippen LogP contribution >= 0.6 is 11.8 Å². The molecular formula is C11H8O2S. The molecule has 0 aliphatic carbocycles. The predicted octanol–water partition coefficient (Wildman–Crippen LogP) is 1.88. The maximum absolute atomic E-state index is 10.8. The minimum absolute atomic E-state index is 0.0525. The smallest absolute Gasteiger partial charge is 0.193 e. The zero-order chi connectivity index (χ0) is 10.4. The summed E-state index contributed by atoms with van der Waals surface area (Å²) in [5.74, 6) is 4.98. The van der Waals surface area contributed by atoms with E-state index in [0.717, 1.165) is 10.5 Å². The highest BCUT2D eigenvalue weighted by Crippen LogP contribution is 2.18. The van der Waals surface area contributed by atoms with Crippen LogP contribution in [0.4, 0.5) is 0 Å². The van der Waals surface area contributed by atoms with Gasteiger partial charge in [-0.05, 0) is 30.2 Å². The maximum atomic E-state index is 10.8. The average Bonchev–Trinajstić information content (AvgIpc) is 2.16. The summed E-state index contributed by atoms with van der Waals surface area (Å²) >= 11 is 1.17. The van der Waals surface area contributed by atoms with Gasteiger partial charge < -0.3 is 0 Å². The average molecular weight is 204 g/mol. The van der Waals surface area contributed by atoms with Gasteiger partial charge in [0.15, 0.2) is 11.4 Å². The second-order valence-electron chi connectivity index (χ2n) is 2.51. The van der Waals surface area contributed by atoms with E-state index in [-0.39, 0.29) is 5.12 Å². The Labute approximate surface area is 86.7 Å². The highest BCUT2D eigenvalue weighted by molar-refractivity contribution is 8.13. The second-order valence-corrected chi connectivity index (χ2v) is 3.76. The van der Waals surface area contributed by atoms with Crippen LogP contribution < -0.4 is 0 Å². The van der Waals surface area contributed by atoms with Crippen LogP contribution in [0, 0.1) is 11.8 Å². The SMILES string of the molecule is CC(=O)Sc1ccc(C#CC=O)cc1. The van der Waals surface area contributed by atoms with Crippen LogP contribution in [-0.2, 0) is 9.59 Å². The molecule has 0 spiro atoms. The molecule has 0 N–H and O–H groups in total. The molecule has 0 saturated heterocycles. The molecule has 2 nitrogen and oxygen atoms in total. The lowest BCUT2D eigenvalue weighted by Gasteiger charge is -1.96. The zero-order valence-electron chi connectivity index (χ0n) is 7.61. The summed E-state index contributed by atoms with van der Waals surface area (Å²) < 4.78 is 0. The standard InChI is InChI=1S/C11H8O2S/c1-9(13)14-11-6-4-10(5-7-11)3-2-8-12/h4-8H,1H3. The van der Waals surface area contributed by atoms with Gasteiger partial charge in [0.05, 0.1) is 0 Å². The molecule has 70 valence electrons. The highest BCUT2D eigenvalue weighted by atomic mass is 32.2.